The Bertz CT molecular complexity index is 901. The summed E-state index contributed by atoms with van der Waals surface area (Å²) < 4.78 is 8.38. The Morgan fingerprint density at radius 3 is 1.97 bits per heavy atom. The summed E-state index contributed by atoms with van der Waals surface area (Å²) in [7, 11) is 4.94. The van der Waals surface area contributed by atoms with Crippen LogP contribution in [0.2, 0.25) is 0 Å². The van der Waals surface area contributed by atoms with Crippen molar-refractivity contribution in [1.29, 1.82) is 0 Å². The van der Waals surface area contributed by atoms with E-state index in [1.54, 1.807) is 6.92 Å². The van der Waals surface area contributed by atoms with Crippen LogP contribution in [0.15, 0.2) is 0 Å². The van der Waals surface area contributed by atoms with E-state index in [-0.39, 0.29) is 40.6 Å². The molecule has 39 heavy (non-hydrogen) atoms. The minimum atomic E-state index is -0.146. The second kappa shape index (κ2) is 10.8. The van der Waals surface area contributed by atoms with E-state index in [2.05, 4.69) is 27.9 Å². The zero-order chi connectivity index (χ0) is 26.9. The van der Waals surface area contributed by atoms with Gasteiger partial charge in [-0.05, 0) is 99.7 Å². The Morgan fingerprint density at radius 1 is 0.795 bits per heavy atom. The number of carbonyl (C=O) groups is 1. The number of likely N-dealkylation sites (tertiary alicyclic amines) is 2. The first-order chi connectivity index (χ1) is 18.0. The van der Waals surface area contributed by atoms with Crippen LogP contribution in [0, 0.1) is 34.5 Å². The van der Waals surface area contributed by atoms with E-state index in [1.165, 1.54) is 103 Å². The van der Waals surface area contributed by atoms with Gasteiger partial charge in [-0.3, -0.25) is 4.79 Å². The Balaban J connectivity index is 0.00000308. The number of quaternary nitrogens is 2. The monoisotopic (exact) mass is 609 g/mol. The molecule has 0 aromatic rings. The highest BCUT2D eigenvalue weighted by molar-refractivity contribution is 5.66. The summed E-state index contributed by atoms with van der Waals surface area (Å²) in [6.45, 7) is 11.7. The van der Waals surface area contributed by atoms with Crippen LogP contribution in [0.5, 0.6) is 0 Å². The molecule has 4 aliphatic carbocycles. The molecule has 2 heterocycles. The maximum atomic E-state index is 12.2. The third-order valence-corrected chi connectivity index (χ3v) is 14.2. The number of aliphatic hydroxyl groups is 1. The van der Waals surface area contributed by atoms with Crippen molar-refractivity contribution in [2.24, 2.45) is 34.5 Å². The molecule has 224 valence electrons. The van der Waals surface area contributed by atoms with Crippen LogP contribution in [0.25, 0.3) is 0 Å². The lowest BCUT2D eigenvalue weighted by molar-refractivity contribution is -0.943. The minimum absolute atomic E-state index is 0. The predicted octanol–water partition coefficient (Wildman–Crippen LogP) is 2.54. The fraction of sp³-hybridized carbons (Fsp3) is 0.970. The molecule has 2 aliphatic heterocycles. The van der Waals surface area contributed by atoms with Crippen molar-refractivity contribution < 1.29 is 40.6 Å². The largest absolute Gasteiger partial charge is 1.00 e. The van der Waals surface area contributed by atoms with Crippen LogP contribution in [-0.4, -0.2) is 84.6 Å². The molecule has 4 saturated carbocycles. The van der Waals surface area contributed by atoms with Gasteiger partial charge >= 0.3 is 5.97 Å². The van der Waals surface area contributed by atoms with Crippen molar-refractivity contribution in [2.45, 2.75) is 129 Å². The quantitative estimate of drug-likeness (QED) is 0.395. The smallest absolute Gasteiger partial charge is 0.303 e. The van der Waals surface area contributed by atoms with Gasteiger partial charge in [0.1, 0.15) is 18.2 Å². The number of piperidine rings is 2. The number of halogens is 1. The van der Waals surface area contributed by atoms with Crippen LogP contribution in [0.4, 0.5) is 0 Å². The number of ether oxygens (including phenoxy) is 1. The maximum absolute atomic E-state index is 12.2. The number of hydrogen-bond donors (Lipinski definition) is 1. The molecule has 6 aliphatic rings. The summed E-state index contributed by atoms with van der Waals surface area (Å²) >= 11 is 0. The summed E-state index contributed by atoms with van der Waals surface area (Å²) in [5, 5.41) is 11.9. The molecular weight excluding hydrogens is 552 g/mol. The van der Waals surface area contributed by atoms with E-state index in [1.807, 2.05) is 0 Å². The third kappa shape index (κ3) is 4.87. The van der Waals surface area contributed by atoms with E-state index < -0.39 is 0 Å². The van der Waals surface area contributed by atoms with Gasteiger partial charge in [-0.2, -0.15) is 0 Å². The van der Waals surface area contributed by atoms with Gasteiger partial charge < -0.3 is 35.8 Å². The van der Waals surface area contributed by atoms with Gasteiger partial charge in [-0.1, -0.05) is 13.8 Å². The molecule has 6 fully saturated rings. The Kier molecular flexibility index (Phi) is 8.41. The first kappa shape index (κ1) is 30.3. The van der Waals surface area contributed by atoms with Crippen molar-refractivity contribution >= 4 is 5.97 Å². The summed E-state index contributed by atoms with van der Waals surface area (Å²) in [6.07, 6.45) is 16.5. The number of rotatable bonds is 3. The molecule has 10 atom stereocenters. The van der Waals surface area contributed by atoms with Gasteiger partial charge in [-0.25, -0.2) is 0 Å². The first-order valence-electron chi connectivity index (χ1n) is 16.5. The van der Waals surface area contributed by atoms with Crippen LogP contribution >= 0.6 is 0 Å². The van der Waals surface area contributed by atoms with Gasteiger partial charge in [-0.15, -0.1) is 0 Å². The molecule has 6 rings (SSSR count). The molecule has 0 aromatic heterocycles. The number of likely N-dealkylation sites (N-methyl/N-ethyl adjacent to an activating group) is 2. The van der Waals surface area contributed by atoms with Crippen LogP contribution in [0.3, 0.4) is 0 Å². The van der Waals surface area contributed by atoms with Gasteiger partial charge in [0.15, 0.2) is 6.10 Å². The topological polar surface area (TPSA) is 46.5 Å². The second-order valence-corrected chi connectivity index (χ2v) is 16.1. The van der Waals surface area contributed by atoms with Gasteiger partial charge in [0.25, 0.3) is 0 Å². The Labute approximate surface area is 249 Å². The molecule has 0 spiro atoms. The molecule has 0 unspecified atom stereocenters. The SMILES string of the molecule is CC(=O)O[C@H]1C[C@@H]2CC[C@@H]3[C@H](CC[C@]4(C)[C@@H](O)[C@@H]([N+]5(C)CCCCC5)C[C@@H]34)[C@@]2(C)C[C@@H]1[N+]1(C)CCCCC1.[Br-]. The fourth-order valence-electron chi connectivity index (χ4n) is 11.9. The maximum Gasteiger partial charge on any atom is 0.303 e. The van der Waals surface area contributed by atoms with Crippen molar-refractivity contribution in [3.63, 3.8) is 0 Å². The number of esters is 1. The highest BCUT2D eigenvalue weighted by Gasteiger charge is 2.66. The lowest BCUT2D eigenvalue weighted by Gasteiger charge is -2.63. The minimum Gasteiger partial charge on any atom is -1.00 e. The predicted molar refractivity (Wildman–Crippen MR) is 151 cm³/mol. The zero-order valence-corrected chi connectivity index (χ0v) is 27.3. The molecule has 6 heteroatoms. The molecule has 0 bridgehead atoms. The normalized spacial score (nSPS) is 48.6. The number of hydrogen-bond acceptors (Lipinski definition) is 3. The van der Waals surface area contributed by atoms with E-state index in [9.17, 15) is 9.90 Å². The van der Waals surface area contributed by atoms with E-state index in [0.29, 0.717) is 29.3 Å². The Morgan fingerprint density at radius 2 is 1.38 bits per heavy atom. The number of nitrogens with zero attached hydrogens (tertiary/aromatic N) is 2. The molecule has 2 saturated heterocycles. The highest BCUT2D eigenvalue weighted by Crippen LogP contribution is 2.67. The third-order valence-electron chi connectivity index (χ3n) is 14.2. The van der Waals surface area contributed by atoms with E-state index in [0.717, 1.165) is 27.2 Å². The van der Waals surface area contributed by atoms with Gasteiger partial charge in [0.05, 0.1) is 40.3 Å². The molecule has 0 radical (unpaired) electrons. The molecule has 1 N–H and O–H groups in total. The molecule has 5 nitrogen and oxygen atoms in total. The van der Waals surface area contributed by atoms with E-state index in [4.69, 9.17) is 4.74 Å². The van der Waals surface area contributed by atoms with E-state index >= 15 is 0 Å². The average molecular weight is 611 g/mol. The van der Waals surface area contributed by atoms with Crippen molar-refractivity contribution in [2.75, 3.05) is 40.3 Å². The average Bonchev–Trinajstić information content (AvgIpc) is 3.16. The number of carbonyl (C=O) groups excluding carboxylic acids is 1. The molecule has 0 aromatic carbocycles. The lowest BCUT2D eigenvalue weighted by Crippen LogP contribution is -3.00. The van der Waals surface area contributed by atoms with Gasteiger partial charge in [0, 0.05) is 25.2 Å². The van der Waals surface area contributed by atoms with Crippen molar-refractivity contribution in [3.05, 3.63) is 0 Å². The summed E-state index contributed by atoms with van der Waals surface area (Å²) in [4.78, 5) is 12.2. The van der Waals surface area contributed by atoms with Crippen LogP contribution in [0.1, 0.15) is 104 Å². The highest BCUT2D eigenvalue weighted by atomic mass is 79.9. The lowest BCUT2D eigenvalue weighted by atomic mass is 9.44. The summed E-state index contributed by atoms with van der Waals surface area (Å²) in [6, 6.07) is 0.868. The van der Waals surface area contributed by atoms with Crippen LogP contribution in [-0.2, 0) is 9.53 Å². The second-order valence-electron chi connectivity index (χ2n) is 16.1. The van der Waals surface area contributed by atoms with Crippen molar-refractivity contribution in [1.82, 2.24) is 0 Å². The van der Waals surface area contributed by atoms with Gasteiger partial charge in [0.2, 0.25) is 0 Å². The molecule has 0 amide bonds. The number of aliphatic hydroxyl groups excluding tert-OH is 1. The number of fused-ring (bicyclic) bond motifs is 5. The molecular formula is C33H58BrN2O3+. The Hall–Kier alpha value is -0.170. The van der Waals surface area contributed by atoms with Crippen molar-refractivity contribution in [3.8, 4) is 0 Å². The standard InChI is InChI=1S/C33H58N2O3.BrH/c1-23(36)38-30-20-24-12-13-25-26(33(24,3)22-29(30)35(5)18-10-7-11-19-35)14-15-32(2)27(25)21-28(31(32)37)34(4)16-8-6-9-17-34;/h24-31,37H,6-22H2,1-5H3;1H/q+2;/p-1/t24-,25+,26-,27-,28-,29-,30-,31-,32-,33-;/m0./s1. The fourth-order valence-corrected chi connectivity index (χ4v) is 11.9. The summed E-state index contributed by atoms with van der Waals surface area (Å²) in [5.41, 5.74) is 0.421. The van der Waals surface area contributed by atoms with Crippen LogP contribution < -0.4 is 17.0 Å². The zero-order valence-electron chi connectivity index (χ0n) is 25.7. The summed E-state index contributed by atoms with van der Waals surface area (Å²) in [5.74, 6) is 2.76. The first-order valence-corrected chi connectivity index (χ1v) is 16.5.